The summed E-state index contributed by atoms with van der Waals surface area (Å²) in [6.07, 6.45) is 4.41. The number of carbonyl (C=O) groups excluding carboxylic acids is 2. The van der Waals surface area contributed by atoms with Crippen LogP contribution in [0, 0.1) is 5.92 Å². The van der Waals surface area contributed by atoms with E-state index in [2.05, 4.69) is 0 Å². The average molecular weight is 346 g/mol. The molecule has 1 fully saturated rings. The second-order valence-electron chi connectivity index (χ2n) is 7.01. The van der Waals surface area contributed by atoms with Crippen LogP contribution in [0.5, 0.6) is 0 Å². The Balaban J connectivity index is 1.47. The summed E-state index contributed by atoms with van der Waals surface area (Å²) in [5.74, 6) is 0.183. The van der Waals surface area contributed by atoms with E-state index in [0.717, 1.165) is 43.4 Å². The molecule has 1 aromatic rings. The van der Waals surface area contributed by atoms with Crippen molar-refractivity contribution < 1.29 is 19.1 Å². The molecule has 1 saturated carbocycles. The monoisotopic (exact) mass is 346 g/mol. The highest BCUT2D eigenvalue weighted by molar-refractivity contribution is 5.69. The van der Waals surface area contributed by atoms with Crippen molar-refractivity contribution in [3.63, 3.8) is 0 Å². The topological polar surface area (TPSA) is 81.9 Å². The molecule has 0 atom stereocenters. The Labute approximate surface area is 148 Å². The minimum absolute atomic E-state index is 0.0470. The van der Waals surface area contributed by atoms with Gasteiger partial charge in [-0.2, -0.15) is 0 Å². The van der Waals surface area contributed by atoms with Crippen molar-refractivity contribution in [2.75, 3.05) is 19.4 Å². The first-order valence-corrected chi connectivity index (χ1v) is 8.95. The molecule has 1 amide bonds. The number of nitrogens with two attached hydrogens (primary N) is 1. The van der Waals surface area contributed by atoms with Crippen LogP contribution in [-0.2, 0) is 27.2 Å². The lowest BCUT2D eigenvalue weighted by atomic mass is 9.85. The number of benzene rings is 1. The molecular weight excluding hydrogens is 320 g/mol. The van der Waals surface area contributed by atoms with E-state index in [0.29, 0.717) is 25.4 Å². The summed E-state index contributed by atoms with van der Waals surface area (Å²) in [6.45, 7) is 1.24. The second kappa shape index (κ2) is 7.76. The van der Waals surface area contributed by atoms with Crippen LogP contribution in [0.25, 0.3) is 0 Å². The Hall–Kier alpha value is -2.24. The lowest BCUT2D eigenvalue weighted by Gasteiger charge is -2.32. The molecule has 0 unspecified atom stereocenters. The van der Waals surface area contributed by atoms with Crippen LogP contribution in [0.4, 0.5) is 10.5 Å². The van der Waals surface area contributed by atoms with Crippen molar-refractivity contribution in [1.29, 1.82) is 0 Å². The highest BCUT2D eigenvalue weighted by Crippen LogP contribution is 2.30. The fraction of sp³-hybridized carbons (Fsp3) is 0.579. The van der Waals surface area contributed by atoms with Crippen LogP contribution in [0.3, 0.4) is 0 Å². The SMILES string of the molecule is COC(=O)CC1CCC(OC(=O)N2CCc3cc(N)ccc3C2)CC1. The van der Waals surface area contributed by atoms with Gasteiger partial charge in [0.05, 0.1) is 7.11 Å². The third-order valence-corrected chi connectivity index (χ3v) is 5.25. The number of rotatable bonds is 3. The number of anilines is 1. The van der Waals surface area contributed by atoms with Gasteiger partial charge in [-0.1, -0.05) is 6.07 Å². The van der Waals surface area contributed by atoms with Gasteiger partial charge >= 0.3 is 12.1 Å². The third kappa shape index (κ3) is 4.44. The quantitative estimate of drug-likeness (QED) is 0.672. The molecule has 136 valence electrons. The van der Waals surface area contributed by atoms with Gasteiger partial charge in [0.2, 0.25) is 0 Å². The van der Waals surface area contributed by atoms with Crippen molar-refractivity contribution in [2.24, 2.45) is 5.92 Å². The van der Waals surface area contributed by atoms with Crippen LogP contribution in [0.2, 0.25) is 0 Å². The van der Waals surface area contributed by atoms with E-state index in [1.807, 2.05) is 18.2 Å². The molecule has 3 rings (SSSR count). The lowest BCUT2D eigenvalue weighted by Crippen LogP contribution is -2.39. The Morgan fingerprint density at radius 2 is 1.96 bits per heavy atom. The van der Waals surface area contributed by atoms with Crippen LogP contribution in [-0.4, -0.2) is 36.7 Å². The molecular formula is C19H26N2O4. The zero-order valence-corrected chi connectivity index (χ0v) is 14.7. The molecule has 1 heterocycles. The van der Waals surface area contributed by atoms with Crippen LogP contribution >= 0.6 is 0 Å². The summed E-state index contributed by atoms with van der Waals surface area (Å²) in [4.78, 5) is 25.6. The molecule has 0 bridgehead atoms. The molecule has 0 aromatic heterocycles. The van der Waals surface area contributed by atoms with Gasteiger partial charge in [0.25, 0.3) is 0 Å². The van der Waals surface area contributed by atoms with Crippen molar-refractivity contribution in [2.45, 2.75) is 51.2 Å². The Morgan fingerprint density at radius 3 is 2.68 bits per heavy atom. The van der Waals surface area contributed by atoms with Gasteiger partial charge in [-0.3, -0.25) is 4.79 Å². The highest BCUT2D eigenvalue weighted by atomic mass is 16.6. The molecule has 1 aliphatic carbocycles. The molecule has 2 N–H and O–H groups in total. The number of ether oxygens (including phenoxy) is 2. The van der Waals surface area contributed by atoms with Crippen molar-refractivity contribution >= 4 is 17.7 Å². The summed E-state index contributed by atoms with van der Waals surface area (Å²) < 4.78 is 10.4. The molecule has 1 aromatic carbocycles. The smallest absolute Gasteiger partial charge is 0.410 e. The number of nitrogens with zero attached hydrogens (tertiary/aromatic N) is 1. The molecule has 6 heteroatoms. The fourth-order valence-electron chi connectivity index (χ4n) is 3.72. The van der Waals surface area contributed by atoms with Crippen molar-refractivity contribution in [3.05, 3.63) is 29.3 Å². The van der Waals surface area contributed by atoms with Gasteiger partial charge in [0, 0.05) is 25.2 Å². The maximum atomic E-state index is 12.5. The fourth-order valence-corrected chi connectivity index (χ4v) is 3.72. The molecule has 1 aliphatic heterocycles. The first-order chi connectivity index (χ1) is 12.0. The van der Waals surface area contributed by atoms with Gasteiger partial charge in [0.1, 0.15) is 6.10 Å². The van der Waals surface area contributed by atoms with Gasteiger partial charge < -0.3 is 20.1 Å². The summed E-state index contributed by atoms with van der Waals surface area (Å²) in [5, 5.41) is 0. The van der Waals surface area contributed by atoms with Crippen molar-refractivity contribution in [3.8, 4) is 0 Å². The molecule has 0 spiro atoms. The molecule has 0 radical (unpaired) electrons. The number of nitrogen functional groups attached to an aromatic ring is 1. The predicted octanol–water partition coefficient (Wildman–Crippen LogP) is 2.89. The minimum atomic E-state index is -0.237. The normalized spacial score (nSPS) is 22.8. The summed E-state index contributed by atoms with van der Waals surface area (Å²) in [6, 6.07) is 5.85. The Kier molecular flexibility index (Phi) is 5.46. The molecule has 2 aliphatic rings. The van der Waals surface area contributed by atoms with Gasteiger partial charge in [-0.05, 0) is 61.3 Å². The van der Waals surface area contributed by atoms with Crippen LogP contribution in [0.15, 0.2) is 18.2 Å². The van der Waals surface area contributed by atoms with E-state index in [-0.39, 0.29) is 18.2 Å². The zero-order chi connectivity index (χ0) is 17.8. The van der Waals surface area contributed by atoms with Gasteiger partial charge in [-0.15, -0.1) is 0 Å². The first kappa shape index (κ1) is 17.6. The number of methoxy groups -OCH3 is 1. The van der Waals surface area contributed by atoms with E-state index in [4.69, 9.17) is 15.2 Å². The number of hydrogen-bond acceptors (Lipinski definition) is 5. The number of fused-ring (bicyclic) bond motifs is 1. The van der Waals surface area contributed by atoms with Crippen molar-refractivity contribution in [1.82, 2.24) is 4.90 Å². The van der Waals surface area contributed by atoms with E-state index in [1.165, 1.54) is 12.7 Å². The van der Waals surface area contributed by atoms with Gasteiger partial charge in [-0.25, -0.2) is 4.79 Å². The number of esters is 1. The molecule has 25 heavy (non-hydrogen) atoms. The number of hydrogen-bond donors (Lipinski definition) is 1. The molecule has 6 nitrogen and oxygen atoms in total. The minimum Gasteiger partial charge on any atom is -0.469 e. The second-order valence-corrected chi connectivity index (χ2v) is 7.01. The standard InChI is InChI=1S/C19H26N2O4/c1-24-18(22)10-13-2-6-17(7-3-13)25-19(23)21-9-8-14-11-16(20)5-4-15(14)12-21/h4-5,11,13,17H,2-3,6-10,12,20H2,1H3. The molecule has 0 saturated heterocycles. The average Bonchev–Trinajstić information content (AvgIpc) is 2.62. The highest BCUT2D eigenvalue weighted by Gasteiger charge is 2.28. The van der Waals surface area contributed by atoms with E-state index >= 15 is 0 Å². The Bertz CT molecular complexity index is 638. The number of amides is 1. The summed E-state index contributed by atoms with van der Waals surface area (Å²) in [7, 11) is 1.42. The zero-order valence-electron chi connectivity index (χ0n) is 14.7. The lowest BCUT2D eigenvalue weighted by molar-refractivity contribution is -0.142. The maximum absolute atomic E-state index is 12.5. The largest absolute Gasteiger partial charge is 0.469 e. The van der Waals surface area contributed by atoms with E-state index in [1.54, 1.807) is 4.90 Å². The van der Waals surface area contributed by atoms with E-state index < -0.39 is 0 Å². The van der Waals surface area contributed by atoms with Crippen LogP contribution < -0.4 is 5.73 Å². The van der Waals surface area contributed by atoms with Gasteiger partial charge in [0.15, 0.2) is 0 Å². The summed E-state index contributed by atoms with van der Waals surface area (Å²) >= 11 is 0. The first-order valence-electron chi connectivity index (χ1n) is 8.95. The van der Waals surface area contributed by atoms with E-state index in [9.17, 15) is 9.59 Å². The predicted molar refractivity (Wildman–Crippen MR) is 93.8 cm³/mol. The third-order valence-electron chi connectivity index (χ3n) is 5.25. The maximum Gasteiger partial charge on any atom is 0.410 e. The summed E-state index contributed by atoms with van der Waals surface area (Å²) in [5.41, 5.74) is 8.93. The Morgan fingerprint density at radius 1 is 1.20 bits per heavy atom. The van der Waals surface area contributed by atoms with Crippen LogP contribution in [0.1, 0.15) is 43.2 Å². The number of carbonyl (C=O) groups is 2.